The summed E-state index contributed by atoms with van der Waals surface area (Å²) in [5.74, 6) is 0.651. The molecule has 1 N–H and O–H groups in total. The molecule has 1 fully saturated rings. The van der Waals surface area contributed by atoms with Gasteiger partial charge in [-0.2, -0.15) is 0 Å². The Bertz CT molecular complexity index is 291. The quantitative estimate of drug-likeness (QED) is 0.698. The third-order valence-corrected chi connectivity index (χ3v) is 3.84. The van der Waals surface area contributed by atoms with Crippen molar-refractivity contribution >= 4 is 5.78 Å². The summed E-state index contributed by atoms with van der Waals surface area (Å²) in [5.41, 5.74) is 1.01. The van der Waals surface area contributed by atoms with E-state index in [0.29, 0.717) is 5.92 Å². The SMILES string of the molecule is CCC1=CC2CCC1(C(=O)C(C)O)C2. The van der Waals surface area contributed by atoms with E-state index < -0.39 is 6.10 Å². The van der Waals surface area contributed by atoms with Crippen LogP contribution in [-0.4, -0.2) is 17.0 Å². The Morgan fingerprint density at radius 3 is 3.00 bits per heavy atom. The summed E-state index contributed by atoms with van der Waals surface area (Å²) < 4.78 is 0. The van der Waals surface area contributed by atoms with Gasteiger partial charge in [-0.3, -0.25) is 4.79 Å². The largest absolute Gasteiger partial charge is 0.386 e. The minimum absolute atomic E-state index is 0.0469. The molecule has 0 aliphatic heterocycles. The van der Waals surface area contributed by atoms with Gasteiger partial charge >= 0.3 is 0 Å². The monoisotopic (exact) mass is 194 g/mol. The number of carbonyl (C=O) groups excluding carboxylic acids is 1. The van der Waals surface area contributed by atoms with E-state index >= 15 is 0 Å². The molecule has 2 aliphatic carbocycles. The van der Waals surface area contributed by atoms with Crippen molar-refractivity contribution in [2.24, 2.45) is 11.3 Å². The fourth-order valence-electron chi connectivity index (χ4n) is 3.20. The molecule has 2 aliphatic rings. The Hall–Kier alpha value is -0.630. The zero-order valence-corrected chi connectivity index (χ0v) is 8.92. The maximum Gasteiger partial charge on any atom is 0.171 e. The number of carbonyl (C=O) groups is 1. The van der Waals surface area contributed by atoms with Crippen molar-refractivity contribution < 1.29 is 9.90 Å². The van der Waals surface area contributed by atoms with Gasteiger partial charge in [-0.25, -0.2) is 0 Å². The summed E-state index contributed by atoms with van der Waals surface area (Å²) >= 11 is 0. The van der Waals surface area contributed by atoms with Gasteiger partial charge in [0.05, 0.1) is 5.41 Å². The molecule has 14 heavy (non-hydrogen) atoms. The van der Waals surface area contributed by atoms with Crippen LogP contribution in [0.4, 0.5) is 0 Å². The van der Waals surface area contributed by atoms with Crippen LogP contribution in [-0.2, 0) is 4.79 Å². The van der Waals surface area contributed by atoms with Crippen LogP contribution >= 0.6 is 0 Å². The Morgan fingerprint density at radius 2 is 2.50 bits per heavy atom. The summed E-state index contributed by atoms with van der Waals surface area (Å²) in [5, 5.41) is 9.43. The van der Waals surface area contributed by atoms with Crippen LogP contribution in [0, 0.1) is 11.3 Å². The second-order valence-corrected chi connectivity index (χ2v) is 4.67. The number of ketones is 1. The third kappa shape index (κ3) is 1.17. The molecule has 0 aromatic carbocycles. The van der Waals surface area contributed by atoms with Gasteiger partial charge in [0.1, 0.15) is 6.10 Å². The van der Waals surface area contributed by atoms with Crippen LogP contribution in [0.15, 0.2) is 11.6 Å². The maximum atomic E-state index is 12.0. The number of rotatable bonds is 3. The van der Waals surface area contributed by atoms with Gasteiger partial charge < -0.3 is 5.11 Å². The topological polar surface area (TPSA) is 37.3 Å². The van der Waals surface area contributed by atoms with Crippen molar-refractivity contribution in [3.63, 3.8) is 0 Å². The highest BCUT2D eigenvalue weighted by Gasteiger charge is 2.51. The first-order valence-electron chi connectivity index (χ1n) is 5.53. The zero-order valence-electron chi connectivity index (χ0n) is 8.92. The lowest BCUT2D eigenvalue weighted by Crippen LogP contribution is -2.36. The second-order valence-electron chi connectivity index (χ2n) is 4.67. The molecular weight excluding hydrogens is 176 g/mol. The van der Waals surface area contributed by atoms with Crippen molar-refractivity contribution in [2.45, 2.75) is 45.6 Å². The first kappa shape index (κ1) is 9.91. The molecule has 0 radical (unpaired) electrons. The summed E-state index contributed by atoms with van der Waals surface area (Å²) in [6.07, 6.45) is 5.46. The van der Waals surface area contributed by atoms with Gasteiger partial charge in [-0.1, -0.05) is 18.6 Å². The normalized spacial score (nSPS) is 37.1. The van der Waals surface area contributed by atoms with Crippen molar-refractivity contribution in [1.29, 1.82) is 0 Å². The molecule has 0 aromatic heterocycles. The van der Waals surface area contributed by atoms with Gasteiger partial charge in [0.25, 0.3) is 0 Å². The molecule has 2 bridgehead atoms. The van der Waals surface area contributed by atoms with Crippen LogP contribution in [0.1, 0.15) is 39.5 Å². The zero-order chi connectivity index (χ0) is 10.3. The minimum Gasteiger partial charge on any atom is -0.386 e. The number of aliphatic hydroxyl groups is 1. The molecule has 78 valence electrons. The lowest BCUT2D eigenvalue weighted by molar-refractivity contribution is -0.134. The second kappa shape index (κ2) is 3.20. The van der Waals surface area contributed by atoms with Crippen LogP contribution in [0.3, 0.4) is 0 Å². The predicted molar refractivity (Wildman–Crippen MR) is 54.8 cm³/mol. The lowest BCUT2D eigenvalue weighted by atomic mass is 9.74. The molecule has 1 saturated carbocycles. The molecule has 3 unspecified atom stereocenters. The van der Waals surface area contributed by atoms with Gasteiger partial charge in [-0.15, -0.1) is 0 Å². The predicted octanol–water partition coefficient (Wildman–Crippen LogP) is 2.07. The smallest absolute Gasteiger partial charge is 0.171 e. The molecule has 2 nitrogen and oxygen atoms in total. The highest BCUT2D eigenvalue weighted by molar-refractivity contribution is 5.92. The first-order valence-corrected chi connectivity index (χ1v) is 5.53. The fourth-order valence-corrected chi connectivity index (χ4v) is 3.20. The molecule has 0 amide bonds. The van der Waals surface area contributed by atoms with E-state index in [1.54, 1.807) is 6.92 Å². The number of fused-ring (bicyclic) bond motifs is 2. The summed E-state index contributed by atoms with van der Waals surface area (Å²) in [4.78, 5) is 12.0. The maximum absolute atomic E-state index is 12.0. The highest BCUT2D eigenvalue weighted by atomic mass is 16.3. The van der Waals surface area contributed by atoms with E-state index in [0.717, 1.165) is 25.7 Å². The molecule has 3 atom stereocenters. The number of allylic oxidation sites excluding steroid dienone is 2. The van der Waals surface area contributed by atoms with Crippen molar-refractivity contribution in [3.05, 3.63) is 11.6 Å². The number of aliphatic hydroxyl groups excluding tert-OH is 1. The Kier molecular flexibility index (Phi) is 2.26. The summed E-state index contributed by atoms with van der Waals surface area (Å²) in [6, 6.07) is 0. The number of hydrogen-bond donors (Lipinski definition) is 1. The average molecular weight is 194 g/mol. The molecule has 0 saturated heterocycles. The van der Waals surface area contributed by atoms with E-state index in [1.165, 1.54) is 5.57 Å². The van der Waals surface area contributed by atoms with E-state index in [2.05, 4.69) is 13.0 Å². The third-order valence-electron chi connectivity index (χ3n) is 3.84. The first-order chi connectivity index (χ1) is 6.60. The van der Waals surface area contributed by atoms with Gasteiger partial charge in [0.2, 0.25) is 0 Å². The van der Waals surface area contributed by atoms with Crippen LogP contribution in [0.5, 0.6) is 0 Å². The summed E-state index contributed by atoms with van der Waals surface area (Å²) in [6.45, 7) is 3.69. The highest BCUT2D eigenvalue weighted by Crippen LogP contribution is 2.55. The molecule has 0 heterocycles. The van der Waals surface area contributed by atoms with E-state index in [1.807, 2.05) is 0 Å². The molecule has 2 rings (SSSR count). The molecule has 0 spiro atoms. The average Bonchev–Trinajstić information content (AvgIpc) is 2.73. The molecule has 0 aromatic rings. The molecular formula is C12H18O2. The fraction of sp³-hybridized carbons (Fsp3) is 0.750. The van der Waals surface area contributed by atoms with Crippen molar-refractivity contribution in [3.8, 4) is 0 Å². The van der Waals surface area contributed by atoms with Gasteiger partial charge in [0.15, 0.2) is 5.78 Å². The summed E-state index contributed by atoms with van der Waals surface area (Å²) in [7, 11) is 0. The number of Topliss-reactive ketones (excluding diaryl/α,β-unsaturated/α-hetero) is 1. The van der Waals surface area contributed by atoms with Crippen molar-refractivity contribution in [1.82, 2.24) is 0 Å². The van der Waals surface area contributed by atoms with Crippen LogP contribution < -0.4 is 0 Å². The lowest BCUT2D eigenvalue weighted by Gasteiger charge is -2.29. The van der Waals surface area contributed by atoms with E-state index in [4.69, 9.17) is 0 Å². The Morgan fingerprint density at radius 1 is 1.79 bits per heavy atom. The van der Waals surface area contributed by atoms with Gasteiger partial charge in [-0.05, 0) is 38.5 Å². The van der Waals surface area contributed by atoms with Crippen LogP contribution in [0.2, 0.25) is 0 Å². The van der Waals surface area contributed by atoms with E-state index in [9.17, 15) is 9.90 Å². The standard InChI is InChI=1S/C12H18O2/c1-3-10-6-9-4-5-12(10,7-9)11(14)8(2)13/h6,8-9,13H,3-5,7H2,1-2H3. The van der Waals surface area contributed by atoms with E-state index in [-0.39, 0.29) is 11.2 Å². The van der Waals surface area contributed by atoms with Gasteiger partial charge in [0, 0.05) is 0 Å². The van der Waals surface area contributed by atoms with Crippen molar-refractivity contribution in [2.75, 3.05) is 0 Å². The Labute approximate surface area is 85.0 Å². The number of hydrogen-bond acceptors (Lipinski definition) is 2. The Balaban J connectivity index is 2.31. The van der Waals surface area contributed by atoms with Crippen LogP contribution in [0.25, 0.3) is 0 Å². The minimum atomic E-state index is -0.804. The molecule has 2 heteroatoms.